The zero-order chi connectivity index (χ0) is 15.4. The number of hydrogen-bond acceptors (Lipinski definition) is 3. The summed E-state index contributed by atoms with van der Waals surface area (Å²) in [7, 11) is 0. The monoisotopic (exact) mass is 299 g/mol. The Morgan fingerprint density at radius 3 is 2.55 bits per heavy atom. The molecule has 0 saturated heterocycles. The molecule has 4 heteroatoms. The molecule has 0 atom stereocenters. The van der Waals surface area contributed by atoms with E-state index in [0.717, 1.165) is 36.5 Å². The molecule has 0 unspecified atom stereocenters. The average molecular weight is 299 g/mol. The third kappa shape index (κ3) is 3.50. The van der Waals surface area contributed by atoms with E-state index in [1.54, 1.807) is 6.07 Å². The zero-order valence-electron chi connectivity index (χ0n) is 12.8. The topological polar surface area (TPSA) is 51.5 Å². The van der Waals surface area contributed by atoms with Crippen LogP contribution in [0.1, 0.15) is 48.9 Å². The largest absolute Gasteiger partial charge is 0.490 e. The van der Waals surface area contributed by atoms with Crippen molar-refractivity contribution >= 4 is 11.6 Å². The molecule has 0 bridgehead atoms. The third-order valence-corrected chi connectivity index (χ3v) is 3.95. The lowest BCUT2D eigenvalue weighted by Gasteiger charge is -2.13. The summed E-state index contributed by atoms with van der Waals surface area (Å²) >= 11 is 0. The Labute approximate surface area is 130 Å². The van der Waals surface area contributed by atoms with Crippen LogP contribution >= 0.6 is 0 Å². The predicted molar refractivity (Wildman–Crippen MR) is 85.4 cm³/mol. The van der Waals surface area contributed by atoms with Gasteiger partial charge < -0.3 is 14.5 Å². The number of ether oxygens (including phenoxy) is 1. The number of rotatable bonds is 5. The van der Waals surface area contributed by atoms with Gasteiger partial charge in [-0.2, -0.15) is 0 Å². The van der Waals surface area contributed by atoms with Crippen LogP contribution in [0.15, 0.2) is 40.8 Å². The van der Waals surface area contributed by atoms with Crippen LogP contribution in [0.25, 0.3) is 0 Å². The van der Waals surface area contributed by atoms with E-state index in [2.05, 4.69) is 5.32 Å². The van der Waals surface area contributed by atoms with Crippen LogP contribution in [0.5, 0.6) is 5.75 Å². The van der Waals surface area contributed by atoms with E-state index in [9.17, 15) is 4.79 Å². The fraction of sp³-hybridized carbons (Fsp3) is 0.389. The van der Waals surface area contributed by atoms with Gasteiger partial charge in [-0.05, 0) is 62.1 Å². The fourth-order valence-corrected chi connectivity index (χ4v) is 2.70. The van der Waals surface area contributed by atoms with Crippen LogP contribution in [0, 0.1) is 0 Å². The van der Waals surface area contributed by atoms with Crippen molar-refractivity contribution in [1.82, 2.24) is 0 Å². The maximum atomic E-state index is 12.1. The van der Waals surface area contributed by atoms with Crippen molar-refractivity contribution in [1.29, 1.82) is 0 Å². The highest BCUT2D eigenvalue weighted by Gasteiger charge is 2.16. The van der Waals surface area contributed by atoms with Crippen molar-refractivity contribution in [3.63, 3.8) is 0 Å². The second kappa shape index (κ2) is 6.69. The number of carbonyl (C=O) groups excluding carboxylic acids is 1. The van der Waals surface area contributed by atoms with Gasteiger partial charge in [0.05, 0.1) is 6.10 Å². The van der Waals surface area contributed by atoms with Gasteiger partial charge in [-0.1, -0.05) is 6.92 Å². The summed E-state index contributed by atoms with van der Waals surface area (Å²) in [4.78, 5) is 12.1. The quantitative estimate of drug-likeness (QED) is 0.889. The molecular formula is C18H21NO3. The van der Waals surface area contributed by atoms with Gasteiger partial charge in [0.2, 0.25) is 0 Å². The Morgan fingerprint density at radius 2 is 1.91 bits per heavy atom. The van der Waals surface area contributed by atoms with Gasteiger partial charge in [0, 0.05) is 12.1 Å². The summed E-state index contributed by atoms with van der Waals surface area (Å²) in [5, 5.41) is 2.83. The van der Waals surface area contributed by atoms with Crippen molar-refractivity contribution in [3.8, 4) is 5.75 Å². The van der Waals surface area contributed by atoms with Crippen LogP contribution in [0.2, 0.25) is 0 Å². The first kappa shape index (κ1) is 14.7. The van der Waals surface area contributed by atoms with Crippen molar-refractivity contribution in [2.45, 2.75) is 45.1 Å². The zero-order valence-corrected chi connectivity index (χ0v) is 12.8. The summed E-state index contributed by atoms with van der Waals surface area (Å²) in [5.74, 6) is 1.77. The van der Waals surface area contributed by atoms with Gasteiger partial charge in [0.15, 0.2) is 5.76 Å². The number of furan rings is 1. The number of carbonyl (C=O) groups is 1. The van der Waals surface area contributed by atoms with Gasteiger partial charge in [-0.15, -0.1) is 0 Å². The van der Waals surface area contributed by atoms with Crippen LogP contribution in [0.4, 0.5) is 5.69 Å². The lowest BCUT2D eigenvalue weighted by atomic mass is 10.2. The number of aryl methyl sites for hydroxylation is 1. The summed E-state index contributed by atoms with van der Waals surface area (Å²) in [5.41, 5.74) is 0.734. The molecule has 1 fully saturated rings. The molecule has 1 amide bonds. The Balaban J connectivity index is 1.59. The molecule has 1 N–H and O–H groups in total. The van der Waals surface area contributed by atoms with Crippen molar-refractivity contribution in [3.05, 3.63) is 47.9 Å². The molecule has 22 heavy (non-hydrogen) atoms. The molecular weight excluding hydrogens is 278 g/mol. The molecule has 1 saturated carbocycles. The van der Waals surface area contributed by atoms with E-state index in [-0.39, 0.29) is 5.91 Å². The van der Waals surface area contributed by atoms with Gasteiger partial charge >= 0.3 is 0 Å². The second-order valence-corrected chi connectivity index (χ2v) is 5.62. The molecule has 116 valence electrons. The minimum absolute atomic E-state index is 0.232. The van der Waals surface area contributed by atoms with Gasteiger partial charge in [0.25, 0.3) is 5.91 Å². The van der Waals surface area contributed by atoms with Crippen LogP contribution in [-0.4, -0.2) is 12.0 Å². The Morgan fingerprint density at radius 1 is 1.18 bits per heavy atom. The normalized spacial score (nSPS) is 15.0. The number of amides is 1. The molecule has 0 aliphatic heterocycles. The Hall–Kier alpha value is -2.23. The Bertz CT molecular complexity index is 624. The first-order valence-electron chi connectivity index (χ1n) is 7.91. The van der Waals surface area contributed by atoms with Crippen LogP contribution in [-0.2, 0) is 6.42 Å². The number of hydrogen-bond donors (Lipinski definition) is 1. The van der Waals surface area contributed by atoms with E-state index in [4.69, 9.17) is 9.15 Å². The second-order valence-electron chi connectivity index (χ2n) is 5.62. The highest BCUT2D eigenvalue weighted by molar-refractivity contribution is 6.02. The number of nitrogens with one attached hydrogen (secondary N) is 1. The minimum atomic E-state index is -0.232. The predicted octanol–water partition coefficient (Wildman–Crippen LogP) is 4.42. The van der Waals surface area contributed by atoms with E-state index in [1.807, 2.05) is 37.3 Å². The van der Waals surface area contributed by atoms with Crippen LogP contribution < -0.4 is 10.1 Å². The molecule has 1 aliphatic carbocycles. The van der Waals surface area contributed by atoms with Gasteiger partial charge in [0.1, 0.15) is 11.5 Å². The maximum Gasteiger partial charge on any atom is 0.291 e. The molecule has 4 nitrogen and oxygen atoms in total. The lowest BCUT2D eigenvalue weighted by molar-refractivity contribution is 0.0995. The molecule has 1 heterocycles. The minimum Gasteiger partial charge on any atom is -0.490 e. The number of anilines is 1. The maximum absolute atomic E-state index is 12.1. The molecule has 2 aromatic rings. The van der Waals surface area contributed by atoms with Crippen molar-refractivity contribution in [2.24, 2.45) is 0 Å². The van der Waals surface area contributed by atoms with E-state index >= 15 is 0 Å². The molecule has 0 radical (unpaired) electrons. The van der Waals surface area contributed by atoms with E-state index in [0.29, 0.717) is 11.9 Å². The summed E-state index contributed by atoms with van der Waals surface area (Å²) in [6.07, 6.45) is 5.90. The fourth-order valence-electron chi connectivity index (χ4n) is 2.70. The van der Waals surface area contributed by atoms with Crippen molar-refractivity contribution in [2.75, 3.05) is 5.32 Å². The number of benzene rings is 1. The SMILES string of the molecule is CCc1ccc(C(=O)Nc2ccc(OC3CCCC3)cc2)o1. The first-order valence-corrected chi connectivity index (χ1v) is 7.91. The highest BCUT2D eigenvalue weighted by Crippen LogP contribution is 2.25. The van der Waals surface area contributed by atoms with E-state index in [1.165, 1.54) is 12.8 Å². The summed E-state index contributed by atoms with van der Waals surface area (Å²) < 4.78 is 11.3. The van der Waals surface area contributed by atoms with Crippen LogP contribution in [0.3, 0.4) is 0 Å². The molecule has 1 aromatic heterocycles. The molecule has 3 rings (SSSR count). The standard InChI is InChI=1S/C18H21NO3/c1-2-14-11-12-17(22-14)18(20)19-13-7-9-16(10-8-13)21-15-5-3-4-6-15/h7-12,15H,2-6H2,1H3,(H,19,20). The van der Waals surface area contributed by atoms with Gasteiger partial charge in [-0.25, -0.2) is 0 Å². The average Bonchev–Trinajstić information content (AvgIpc) is 3.20. The smallest absolute Gasteiger partial charge is 0.291 e. The molecule has 1 aromatic carbocycles. The van der Waals surface area contributed by atoms with Gasteiger partial charge in [-0.3, -0.25) is 4.79 Å². The summed E-state index contributed by atoms with van der Waals surface area (Å²) in [6.45, 7) is 1.99. The third-order valence-electron chi connectivity index (χ3n) is 3.95. The molecule has 0 spiro atoms. The highest BCUT2D eigenvalue weighted by atomic mass is 16.5. The van der Waals surface area contributed by atoms with E-state index < -0.39 is 0 Å². The van der Waals surface area contributed by atoms with Crippen molar-refractivity contribution < 1.29 is 13.9 Å². The first-order chi connectivity index (χ1) is 10.7. The lowest BCUT2D eigenvalue weighted by Crippen LogP contribution is -2.12. The Kier molecular flexibility index (Phi) is 4.47. The molecule has 1 aliphatic rings. The summed E-state index contributed by atoms with van der Waals surface area (Å²) in [6, 6.07) is 11.0.